The van der Waals surface area contributed by atoms with E-state index in [1.165, 1.54) is 0 Å². The minimum Gasteiger partial charge on any atom is -0.339 e. The Kier molecular flexibility index (Phi) is 4.96. The van der Waals surface area contributed by atoms with Crippen molar-refractivity contribution in [3.05, 3.63) is 34.3 Å². The summed E-state index contributed by atoms with van der Waals surface area (Å²) in [6.07, 6.45) is 3.86. The van der Waals surface area contributed by atoms with E-state index in [1.807, 2.05) is 36.2 Å². The summed E-state index contributed by atoms with van der Waals surface area (Å²) in [7, 11) is 1.87. The van der Waals surface area contributed by atoms with Gasteiger partial charge in [0.2, 0.25) is 0 Å². The molecule has 19 heavy (non-hydrogen) atoms. The second-order valence-corrected chi connectivity index (χ2v) is 5.91. The topological polar surface area (TPSA) is 55.6 Å². The third-order valence-corrected chi connectivity index (χ3v) is 4.27. The second kappa shape index (κ2) is 6.50. The molecule has 0 atom stereocenters. The molecule has 0 unspecified atom stereocenters. The number of carbonyl (C=O) groups is 1. The largest absolute Gasteiger partial charge is 0.339 e. The average molecular weight is 327 g/mol. The molecular formula is C14H19BrN2O2. The molecule has 0 bridgehead atoms. The van der Waals surface area contributed by atoms with Crippen LogP contribution in [0.3, 0.4) is 0 Å². The predicted octanol–water partition coefficient (Wildman–Crippen LogP) is 2.72. The number of nitrogens with zero attached hydrogens (tertiary/aromatic N) is 1. The highest BCUT2D eigenvalue weighted by atomic mass is 79.9. The van der Waals surface area contributed by atoms with Gasteiger partial charge in [0.15, 0.2) is 0 Å². The SMILES string of the molecule is CN(C(=O)c1cccc(Br)c1)C1CCC(ON)CC1. The Morgan fingerprint density at radius 1 is 1.37 bits per heavy atom. The molecule has 4 nitrogen and oxygen atoms in total. The number of nitrogens with two attached hydrogens (primary N) is 1. The molecule has 5 heteroatoms. The highest BCUT2D eigenvalue weighted by molar-refractivity contribution is 9.10. The van der Waals surface area contributed by atoms with Crippen LogP contribution in [0.4, 0.5) is 0 Å². The second-order valence-electron chi connectivity index (χ2n) is 4.99. The molecule has 2 N–H and O–H groups in total. The minimum absolute atomic E-state index is 0.0680. The van der Waals surface area contributed by atoms with Crippen LogP contribution in [0.15, 0.2) is 28.7 Å². The monoisotopic (exact) mass is 326 g/mol. The van der Waals surface area contributed by atoms with Crippen molar-refractivity contribution in [1.29, 1.82) is 0 Å². The fourth-order valence-corrected chi connectivity index (χ4v) is 2.96. The Balaban J connectivity index is 2.00. The molecule has 1 aromatic carbocycles. The maximum absolute atomic E-state index is 12.4. The molecule has 1 aliphatic carbocycles. The first-order valence-electron chi connectivity index (χ1n) is 6.50. The highest BCUT2D eigenvalue weighted by Gasteiger charge is 2.27. The van der Waals surface area contributed by atoms with Gasteiger partial charge in [0, 0.05) is 23.1 Å². The molecule has 1 saturated carbocycles. The Morgan fingerprint density at radius 2 is 2.05 bits per heavy atom. The maximum atomic E-state index is 12.4. The number of benzene rings is 1. The van der Waals surface area contributed by atoms with Crippen molar-refractivity contribution in [2.24, 2.45) is 5.90 Å². The molecule has 0 radical (unpaired) electrons. The molecule has 1 fully saturated rings. The Hall–Kier alpha value is -0.910. The van der Waals surface area contributed by atoms with Crippen LogP contribution in [0, 0.1) is 0 Å². The lowest BCUT2D eigenvalue weighted by molar-refractivity contribution is 0.00993. The number of amides is 1. The van der Waals surface area contributed by atoms with Crippen molar-refractivity contribution in [2.45, 2.75) is 37.8 Å². The van der Waals surface area contributed by atoms with E-state index < -0.39 is 0 Å². The van der Waals surface area contributed by atoms with Crippen LogP contribution in [-0.2, 0) is 4.84 Å². The van der Waals surface area contributed by atoms with E-state index in [-0.39, 0.29) is 18.1 Å². The molecule has 1 aromatic rings. The predicted molar refractivity (Wildman–Crippen MR) is 77.6 cm³/mol. The molecule has 0 spiro atoms. The average Bonchev–Trinajstić information content (AvgIpc) is 2.46. The third-order valence-electron chi connectivity index (χ3n) is 3.78. The summed E-state index contributed by atoms with van der Waals surface area (Å²) in [5, 5.41) is 0. The van der Waals surface area contributed by atoms with E-state index in [9.17, 15) is 4.79 Å². The number of hydrogen-bond acceptors (Lipinski definition) is 3. The quantitative estimate of drug-likeness (QED) is 0.869. The van der Waals surface area contributed by atoms with Gasteiger partial charge in [-0.2, -0.15) is 0 Å². The number of hydrogen-bond donors (Lipinski definition) is 1. The van der Waals surface area contributed by atoms with Gasteiger partial charge in [-0.15, -0.1) is 0 Å². The standard InChI is InChI=1S/C14H19BrN2O2/c1-17(12-5-7-13(19-16)8-6-12)14(18)10-3-2-4-11(15)9-10/h2-4,9,12-13H,5-8,16H2,1H3. The van der Waals surface area contributed by atoms with Gasteiger partial charge >= 0.3 is 0 Å². The van der Waals surface area contributed by atoms with Crippen molar-refractivity contribution >= 4 is 21.8 Å². The summed E-state index contributed by atoms with van der Waals surface area (Å²) in [5.41, 5.74) is 0.717. The molecular weight excluding hydrogens is 308 g/mol. The number of halogens is 1. The highest BCUT2D eigenvalue weighted by Crippen LogP contribution is 2.25. The molecule has 0 aliphatic heterocycles. The Morgan fingerprint density at radius 3 is 2.63 bits per heavy atom. The van der Waals surface area contributed by atoms with E-state index in [2.05, 4.69) is 15.9 Å². The lowest BCUT2D eigenvalue weighted by Gasteiger charge is -2.34. The van der Waals surface area contributed by atoms with Crippen LogP contribution in [0.25, 0.3) is 0 Å². The summed E-state index contributed by atoms with van der Waals surface area (Å²) in [6.45, 7) is 0. The summed E-state index contributed by atoms with van der Waals surface area (Å²) in [4.78, 5) is 19.1. The number of rotatable bonds is 3. The van der Waals surface area contributed by atoms with Gasteiger partial charge < -0.3 is 9.74 Å². The molecule has 104 valence electrons. The van der Waals surface area contributed by atoms with Crippen molar-refractivity contribution in [3.63, 3.8) is 0 Å². The van der Waals surface area contributed by atoms with Gasteiger partial charge in [-0.1, -0.05) is 22.0 Å². The Labute approximate surface area is 122 Å². The van der Waals surface area contributed by atoms with E-state index in [4.69, 9.17) is 10.7 Å². The molecule has 1 aliphatic rings. The lowest BCUT2D eigenvalue weighted by Crippen LogP contribution is -2.41. The zero-order valence-corrected chi connectivity index (χ0v) is 12.6. The van der Waals surface area contributed by atoms with Crippen LogP contribution in [0.1, 0.15) is 36.0 Å². The lowest BCUT2D eigenvalue weighted by atomic mass is 9.92. The summed E-state index contributed by atoms with van der Waals surface area (Å²) >= 11 is 3.39. The molecule has 2 rings (SSSR count). The van der Waals surface area contributed by atoms with Gasteiger partial charge in [0.05, 0.1) is 6.10 Å². The van der Waals surface area contributed by atoms with E-state index in [0.29, 0.717) is 5.56 Å². The Bertz CT molecular complexity index is 445. The fraction of sp³-hybridized carbons (Fsp3) is 0.500. The van der Waals surface area contributed by atoms with Gasteiger partial charge in [0.1, 0.15) is 0 Å². The maximum Gasteiger partial charge on any atom is 0.253 e. The van der Waals surface area contributed by atoms with Crippen LogP contribution in [0.2, 0.25) is 0 Å². The van der Waals surface area contributed by atoms with Gasteiger partial charge in [-0.05, 0) is 43.9 Å². The molecule has 0 aromatic heterocycles. The number of carbonyl (C=O) groups excluding carboxylic acids is 1. The smallest absolute Gasteiger partial charge is 0.253 e. The molecule has 1 amide bonds. The van der Waals surface area contributed by atoms with Crippen LogP contribution in [-0.4, -0.2) is 30.0 Å². The summed E-state index contributed by atoms with van der Waals surface area (Å²) < 4.78 is 0.923. The molecule has 0 saturated heterocycles. The first-order chi connectivity index (χ1) is 9.11. The minimum atomic E-state index is 0.0680. The normalized spacial score (nSPS) is 23.1. The van der Waals surface area contributed by atoms with Crippen LogP contribution >= 0.6 is 15.9 Å². The van der Waals surface area contributed by atoms with E-state index in [1.54, 1.807) is 0 Å². The van der Waals surface area contributed by atoms with Crippen molar-refractivity contribution in [2.75, 3.05) is 7.05 Å². The van der Waals surface area contributed by atoms with Crippen molar-refractivity contribution in [3.8, 4) is 0 Å². The first-order valence-corrected chi connectivity index (χ1v) is 7.29. The van der Waals surface area contributed by atoms with Gasteiger partial charge in [-0.3, -0.25) is 4.79 Å². The van der Waals surface area contributed by atoms with Crippen molar-refractivity contribution < 1.29 is 9.63 Å². The summed E-state index contributed by atoms with van der Waals surface area (Å²) in [5.74, 6) is 5.27. The molecule has 0 heterocycles. The van der Waals surface area contributed by atoms with Gasteiger partial charge in [-0.25, -0.2) is 5.90 Å². The van der Waals surface area contributed by atoms with Gasteiger partial charge in [0.25, 0.3) is 5.91 Å². The zero-order valence-electron chi connectivity index (χ0n) is 11.0. The fourth-order valence-electron chi connectivity index (χ4n) is 2.56. The van der Waals surface area contributed by atoms with E-state index in [0.717, 1.165) is 30.2 Å². The zero-order chi connectivity index (χ0) is 13.8. The van der Waals surface area contributed by atoms with Crippen LogP contribution < -0.4 is 5.90 Å². The summed E-state index contributed by atoms with van der Waals surface area (Å²) in [6, 6.07) is 7.77. The van der Waals surface area contributed by atoms with Crippen LogP contribution in [0.5, 0.6) is 0 Å². The third kappa shape index (κ3) is 3.55. The van der Waals surface area contributed by atoms with E-state index >= 15 is 0 Å². The van der Waals surface area contributed by atoms with Crippen molar-refractivity contribution in [1.82, 2.24) is 4.90 Å². The first kappa shape index (κ1) is 14.5.